The third-order valence-corrected chi connectivity index (χ3v) is 5.81. The lowest BCUT2D eigenvalue weighted by Crippen LogP contribution is -2.50. The van der Waals surface area contributed by atoms with Gasteiger partial charge >= 0.3 is 0 Å². The lowest BCUT2D eigenvalue weighted by atomic mass is 9.97. The maximum Gasteiger partial charge on any atom is 0.261 e. The third-order valence-electron chi connectivity index (χ3n) is 4.35. The van der Waals surface area contributed by atoms with Gasteiger partial charge in [0.1, 0.15) is 11.9 Å². The lowest BCUT2D eigenvalue weighted by molar-refractivity contribution is -0.132. The van der Waals surface area contributed by atoms with Crippen LogP contribution in [-0.4, -0.2) is 25.6 Å². The molecule has 0 spiro atoms. The molecule has 8 heteroatoms. The fourth-order valence-corrected chi connectivity index (χ4v) is 4.38. The zero-order chi connectivity index (χ0) is 18.0. The van der Waals surface area contributed by atoms with Crippen LogP contribution in [0.4, 0.5) is 4.39 Å². The van der Waals surface area contributed by atoms with Gasteiger partial charge < -0.3 is 0 Å². The largest absolute Gasteiger partial charge is 0.289 e. The molecule has 1 atom stereocenters. The first-order valence-corrected chi connectivity index (χ1v) is 9.17. The van der Waals surface area contributed by atoms with Crippen LogP contribution >= 0.6 is 0 Å². The summed E-state index contributed by atoms with van der Waals surface area (Å²) in [6.45, 7) is 0. The minimum Gasteiger partial charge on any atom is -0.289 e. The summed E-state index contributed by atoms with van der Waals surface area (Å²) in [5.74, 6) is -1.72. The molecule has 1 aliphatic carbocycles. The van der Waals surface area contributed by atoms with E-state index in [9.17, 15) is 17.6 Å². The molecule has 0 heterocycles. The minimum absolute atomic E-state index is 0.153. The molecule has 0 aliphatic heterocycles. The van der Waals surface area contributed by atoms with Gasteiger partial charge in [0.15, 0.2) is 0 Å². The van der Waals surface area contributed by atoms with Gasteiger partial charge in [0.2, 0.25) is 10.0 Å². The van der Waals surface area contributed by atoms with Gasteiger partial charge in [0, 0.05) is 0 Å². The van der Waals surface area contributed by atoms with E-state index in [1.165, 1.54) is 5.48 Å². The van der Waals surface area contributed by atoms with E-state index in [1.807, 2.05) is 24.3 Å². The SMILES string of the molecule is O=C(NO)C(NS(=O)(=O)c1ccc(F)cc1)C1Cc2ccccc2C1. The molecular formula is C17H17FN2O4S. The fourth-order valence-electron chi connectivity index (χ4n) is 3.11. The predicted molar refractivity (Wildman–Crippen MR) is 87.8 cm³/mol. The Morgan fingerprint density at radius 1 is 1.08 bits per heavy atom. The van der Waals surface area contributed by atoms with Crippen molar-refractivity contribution in [3.05, 3.63) is 65.5 Å². The van der Waals surface area contributed by atoms with Gasteiger partial charge in [-0.25, -0.2) is 18.3 Å². The number of halogens is 1. The van der Waals surface area contributed by atoms with Crippen molar-refractivity contribution in [2.24, 2.45) is 5.92 Å². The molecular weight excluding hydrogens is 347 g/mol. The molecule has 25 heavy (non-hydrogen) atoms. The Labute approximate surface area is 144 Å². The topological polar surface area (TPSA) is 95.5 Å². The highest BCUT2D eigenvalue weighted by molar-refractivity contribution is 7.89. The molecule has 0 radical (unpaired) electrons. The third kappa shape index (κ3) is 3.71. The zero-order valence-corrected chi connectivity index (χ0v) is 14.0. The van der Waals surface area contributed by atoms with Crippen molar-refractivity contribution < 1.29 is 22.8 Å². The molecule has 3 rings (SSSR count). The lowest BCUT2D eigenvalue weighted by Gasteiger charge is -2.22. The van der Waals surface area contributed by atoms with Crippen molar-refractivity contribution in [1.29, 1.82) is 0 Å². The van der Waals surface area contributed by atoms with E-state index in [4.69, 9.17) is 5.21 Å². The van der Waals surface area contributed by atoms with E-state index in [1.54, 1.807) is 0 Å². The molecule has 0 bridgehead atoms. The molecule has 1 aliphatic rings. The molecule has 1 unspecified atom stereocenters. The molecule has 0 saturated carbocycles. The summed E-state index contributed by atoms with van der Waals surface area (Å²) in [5.41, 5.74) is 3.62. The second-order valence-corrected chi connectivity index (χ2v) is 7.68. The molecule has 132 valence electrons. The van der Waals surface area contributed by atoms with Crippen LogP contribution in [0.2, 0.25) is 0 Å². The monoisotopic (exact) mass is 364 g/mol. The van der Waals surface area contributed by atoms with E-state index < -0.39 is 27.8 Å². The minimum atomic E-state index is -4.04. The first-order chi connectivity index (χ1) is 11.9. The highest BCUT2D eigenvalue weighted by atomic mass is 32.2. The van der Waals surface area contributed by atoms with Gasteiger partial charge in [-0.05, 0) is 54.2 Å². The highest BCUT2D eigenvalue weighted by Gasteiger charge is 2.36. The Bertz CT molecular complexity index is 859. The first-order valence-electron chi connectivity index (χ1n) is 7.69. The molecule has 3 N–H and O–H groups in total. The predicted octanol–water partition coefficient (Wildman–Crippen LogP) is 1.39. The number of carbonyl (C=O) groups excluding carboxylic acids is 1. The van der Waals surface area contributed by atoms with Crippen LogP contribution in [0.15, 0.2) is 53.4 Å². The molecule has 0 fully saturated rings. The van der Waals surface area contributed by atoms with Crippen LogP contribution in [0.25, 0.3) is 0 Å². The van der Waals surface area contributed by atoms with Crippen molar-refractivity contribution in [3.8, 4) is 0 Å². The van der Waals surface area contributed by atoms with Crippen LogP contribution < -0.4 is 10.2 Å². The maximum atomic E-state index is 13.0. The zero-order valence-electron chi connectivity index (χ0n) is 13.1. The summed E-state index contributed by atoms with van der Waals surface area (Å²) in [5, 5.41) is 9.00. The standard InChI is InChI=1S/C17H17FN2O4S/c18-14-5-7-15(8-6-14)25(23,24)20-16(17(21)19-22)13-9-11-3-1-2-4-12(11)10-13/h1-8,13,16,20,22H,9-10H2,(H,19,21). The number of fused-ring (bicyclic) bond motifs is 1. The summed E-state index contributed by atoms with van der Waals surface area (Å²) in [6, 6.07) is 10.8. The van der Waals surface area contributed by atoms with Crippen molar-refractivity contribution in [3.63, 3.8) is 0 Å². The summed E-state index contributed by atoms with van der Waals surface area (Å²) >= 11 is 0. The van der Waals surface area contributed by atoms with Gasteiger partial charge in [-0.15, -0.1) is 0 Å². The van der Waals surface area contributed by atoms with Crippen LogP contribution in [0.1, 0.15) is 11.1 Å². The molecule has 0 saturated heterocycles. The van der Waals surface area contributed by atoms with Crippen molar-refractivity contribution in [2.75, 3.05) is 0 Å². The number of benzene rings is 2. The molecule has 0 aromatic heterocycles. The quantitative estimate of drug-likeness (QED) is 0.552. The van der Waals surface area contributed by atoms with E-state index in [2.05, 4.69) is 4.72 Å². The number of nitrogens with one attached hydrogen (secondary N) is 2. The summed E-state index contributed by atoms with van der Waals surface area (Å²) in [4.78, 5) is 11.9. The summed E-state index contributed by atoms with van der Waals surface area (Å²) < 4.78 is 40.4. The van der Waals surface area contributed by atoms with Crippen molar-refractivity contribution in [1.82, 2.24) is 10.2 Å². The number of hydroxylamine groups is 1. The highest BCUT2D eigenvalue weighted by Crippen LogP contribution is 2.29. The van der Waals surface area contributed by atoms with Crippen LogP contribution in [-0.2, 0) is 27.7 Å². The molecule has 6 nitrogen and oxygen atoms in total. The average Bonchev–Trinajstić information content (AvgIpc) is 3.03. The van der Waals surface area contributed by atoms with Gasteiger partial charge in [-0.2, -0.15) is 4.72 Å². The molecule has 2 aromatic rings. The normalized spacial score (nSPS) is 15.6. The first kappa shape index (κ1) is 17.5. The number of rotatable bonds is 5. The van der Waals surface area contributed by atoms with Crippen molar-refractivity contribution in [2.45, 2.75) is 23.8 Å². The Balaban J connectivity index is 1.85. The van der Waals surface area contributed by atoms with E-state index in [0.717, 1.165) is 35.4 Å². The second-order valence-electron chi connectivity index (χ2n) is 5.97. The van der Waals surface area contributed by atoms with Gasteiger partial charge in [0.05, 0.1) is 4.90 Å². The molecule has 1 amide bonds. The Kier molecular flexibility index (Phi) is 4.85. The van der Waals surface area contributed by atoms with Crippen molar-refractivity contribution >= 4 is 15.9 Å². The number of sulfonamides is 1. The van der Waals surface area contributed by atoms with Crippen LogP contribution in [0.3, 0.4) is 0 Å². The second kappa shape index (κ2) is 6.91. The average molecular weight is 364 g/mol. The maximum absolute atomic E-state index is 13.0. The summed E-state index contributed by atoms with van der Waals surface area (Å²) in [7, 11) is -4.04. The Morgan fingerprint density at radius 3 is 2.16 bits per heavy atom. The van der Waals surface area contributed by atoms with Crippen LogP contribution in [0.5, 0.6) is 0 Å². The van der Waals surface area contributed by atoms with Crippen LogP contribution in [0, 0.1) is 11.7 Å². The van der Waals surface area contributed by atoms with Gasteiger partial charge in [-0.3, -0.25) is 10.0 Å². The fraction of sp³-hybridized carbons (Fsp3) is 0.235. The van der Waals surface area contributed by atoms with Gasteiger partial charge in [0.25, 0.3) is 5.91 Å². The molecule has 2 aromatic carbocycles. The van der Waals surface area contributed by atoms with E-state index in [0.29, 0.717) is 12.8 Å². The number of hydrogen-bond donors (Lipinski definition) is 3. The van der Waals surface area contributed by atoms with E-state index in [-0.39, 0.29) is 10.8 Å². The summed E-state index contributed by atoms with van der Waals surface area (Å²) in [6.07, 6.45) is 1.03. The Morgan fingerprint density at radius 2 is 1.64 bits per heavy atom. The number of hydrogen-bond acceptors (Lipinski definition) is 4. The van der Waals surface area contributed by atoms with E-state index >= 15 is 0 Å². The smallest absolute Gasteiger partial charge is 0.261 e. The number of carbonyl (C=O) groups is 1. The number of amides is 1. The van der Waals surface area contributed by atoms with Gasteiger partial charge in [-0.1, -0.05) is 24.3 Å². The Hall–Kier alpha value is -2.29.